The third kappa shape index (κ3) is 3.64. The summed E-state index contributed by atoms with van der Waals surface area (Å²) in [6.45, 7) is 2.90. The SMILES string of the molecule is CNS(=O)(=O)c1ccc(C)c(NCC2CCSC2)c1. The van der Waals surface area contributed by atoms with Crippen molar-refractivity contribution in [2.75, 3.05) is 30.4 Å². The van der Waals surface area contributed by atoms with E-state index >= 15 is 0 Å². The molecule has 1 atom stereocenters. The van der Waals surface area contributed by atoms with Crippen LogP contribution in [-0.4, -0.2) is 33.5 Å². The van der Waals surface area contributed by atoms with Crippen molar-refractivity contribution in [3.8, 4) is 0 Å². The molecule has 1 aromatic carbocycles. The molecule has 1 heterocycles. The first-order valence-corrected chi connectivity index (χ1v) is 9.02. The van der Waals surface area contributed by atoms with Crippen LogP contribution in [0.5, 0.6) is 0 Å². The molecule has 2 rings (SSSR count). The van der Waals surface area contributed by atoms with Crippen LogP contribution >= 0.6 is 11.8 Å². The van der Waals surface area contributed by atoms with Crippen LogP contribution in [0, 0.1) is 12.8 Å². The highest BCUT2D eigenvalue weighted by Crippen LogP contribution is 2.25. The fourth-order valence-electron chi connectivity index (χ4n) is 2.08. The van der Waals surface area contributed by atoms with Gasteiger partial charge in [-0.3, -0.25) is 0 Å². The Hall–Kier alpha value is -0.720. The van der Waals surface area contributed by atoms with Gasteiger partial charge in [-0.2, -0.15) is 11.8 Å². The van der Waals surface area contributed by atoms with Crippen molar-refractivity contribution in [1.82, 2.24) is 4.72 Å². The molecule has 0 saturated carbocycles. The summed E-state index contributed by atoms with van der Waals surface area (Å²) in [5.41, 5.74) is 1.98. The summed E-state index contributed by atoms with van der Waals surface area (Å²) in [5, 5.41) is 3.39. The van der Waals surface area contributed by atoms with Crippen molar-refractivity contribution < 1.29 is 8.42 Å². The molecule has 2 N–H and O–H groups in total. The van der Waals surface area contributed by atoms with E-state index in [0.29, 0.717) is 10.8 Å². The first kappa shape index (κ1) is 14.7. The second-order valence-electron chi connectivity index (χ2n) is 4.79. The standard InChI is InChI=1S/C13H20N2O2S2/c1-10-3-4-12(19(16,17)14-2)7-13(10)15-8-11-5-6-18-9-11/h3-4,7,11,14-15H,5-6,8-9H2,1-2H3. The molecule has 1 saturated heterocycles. The third-order valence-corrected chi connectivity index (χ3v) is 6.04. The number of anilines is 1. The molecule has 1 aromatic rings. The van der Waals surface area contributed by atoms with Gasteiger partial charge in [0.1, 0.15) is 0 Å². The number of sulfonamides is 1. The van der Waals surface area contributed by atoms with Crippen LogP contribution in [0.2, 0.25) is 0 Å². The van der Waals surface area contributed by atoms with E-state index in [1.807, 2.05) is 24.8 Å². The lowest BCUT2D eigenvalue weighted by molar-refractivity contribution is 0.588. The van der Waals surface area contributed by atoms with Gasteiger partial charge in [-0.15, -0.1) is 0 Å². The van der Waals surface area contributed by atoms with Crippen LogP contribution < -0.4 is 10.0 Å². The molecule has 0 aromatic heterocycles. The topological polar surface area (TPSA) is 58.2 Å². The maximum atomic E-state index is 11.8. The molecule has 0 spiro atoms. The molecule has 106 valence electrons. The van der Waals surface area contributed by atoms with Gasteiger partial charge in [0, 0.05) is 12.2 Å². The summed E-state index contributed by atoms with van der Waals surface area (Å²) in [7, 11) is -1.94. The van der Waals surface area contributed by atoms with Gasteiger partial charge < -0.3 is 5.32 Å². The van der Waals surface area contributed by atoms with Crippen LogP contribution in [0.1, 0.15) is 12.0 Å². The van der Waals surface area contributed by atoms with Crippen molar-refractivity contribution in [2.24, 2.45) is 5.92 Å². The number of rotatable bonds is 5. The molecule has 0 bridgehead atoms. The molecule has 0 amide bonds. The first-order valence-electron chi connectivity index (χ1n) is 6.39. The molecule has 1 aliphatic rings. The van der Waals surface area contributed by atoms with Crippen molar-refractivity contribution in [1.29, 1.82) is 0 Å². The Morgan fingerprint density at radius 3 is 2.84 bits per heavy atom. The number of hydrogen-bond acceptors (Lipinski definition) is 4. The van der Waals surface area contributed by atoms with E-state index in [2.05, 4.69) is 10.0 Å². The number of benzene rings is 1. The van der Waals surface area contributed by atoms with Gasteiger partial charge >= 0.3 is 0 Å². The minimum Gasteiger partial charge on any atom is -0.384 e. The predicted octanol–water partition coefficient (Wildman–Crippen LogP) is 2.07. The molecule has 1 aliphatic heterocycles. The third-order valence-electron chi connectivity index (χ3n) is 3.39. The van der Waals surface area contributed by atoms with Crippen molar-refractivity contribution in [3.05, 3.63) is 23.8 Å². The average Bonchev–Trinajstić information content (AvgIpc) is 2.90. The normalized spacial score (nSPS) is 19.6. The Balaban J connectivity index is 2.13. The van der Waals surface area contributed by atoms with Crippen LogP contribution in [-0.2, 0) is 10.0 Å². The van der Waals surface area contributed by atoms with Crippen LogP contribution in [0.15, 0.2) is 23.1 Å². The molecule has 6 heteroatoms. The lowest BCUT2D eigenvalue weighted by Gasteiger charge is -2.14. The van der Waals surface area contributed by atoms with Crippen LogP contribution in [0.3, 0.4) is 0 Å². The molecular weight excluding hydrogens is 280 g/mol. The molecular formula is C13H20N2O2S2. The lowest BCUT2D eigenvalue weighted by atomic mass is 10.1. The van der Waals surface area contributed by atoms with Gasteiger partial charge in [0.15, 0.2) is 0 Å². The van der Waals surface area contributed by atoms with E-state index in [1.165, 1.54) is 25.0 Å². The highest BCUT2D eigenvalue weighted by atomic mass is 32.2. The summed E-state index contributed by atoms with van der Waals surface area (Å²) in [6.07, 6.45) is 1.24. The monoisotopic (exact) mass is 300 g/mol. The predicted molar refractivity (Wildman–Crippen MR) is 81.3 cm³/mol. The zero-order valence-electron chi connectivity index (χ0n) is 11.3. The minimum absolute atomic E-state index is 0.309. The molecule has 19 heavy (non-hydrogen) atoms. The number of aryl methyl sites for hydroxylation is 1. The Morgan fingerprint density at radius 2 is 2.21 bits per heavy atom. The number of nitrogens with one attached hydrogen (secondary N) is 2. The largest absolute Gasteiger partial charge is 0.384 e. The van der Waals surface area contributed by atoms with Gasteiger partial charge in [-0.1, -0.05) is 6.07 Å². The highest BCUT2D eigenvalue weighted by molar-refractivity contribution is 7.99. The minimum atomic E-state index is -3.37. The fraction of sp³-hybridized carbons (Fsp3) is 0.538. The Kier molecular flexibility index (Phi) is 4.76. The van der Waals surface area contributed by atoms with Gasteiger partial charge in [0.2, 0.25) is 10.0 Å². The van der Waals surface area contributed by atoms with E-state index in [9.17, 15) is 8.42 Å². The maximum absolute atomic E-state index is 11.8. The second-order valence-corrected chi connectivity index (χ2v) is 7.83. The zero-order chi connectivity index (χ0) is 13.9. The summed E-state index contributed by atoms with van der Waals surface area (Å²) in [5.74, 6) is 3.12. The number of hydrogen-bond donors (Lipinski definition) is 2. The van der Waals surface area contributed by atoms with E-state index in [0.717, 1.165) is 17.8 Å². The Morgan fingerprint density at radius 1 is 1.42 bits per heavy atom. The van der Waals surface area contributed by atoms with Crippen molar-refractivity contribution in [3.63, 3.8) is 0 Å². The van der Waals surface area contributed by atoms with E-state index in [1.54, 1.807) is 12.1 Å². The van der Waals surface area contributed by atoms with Gasteiger partial charge in [0.25, 0.3) is 0 Å². The summed E-state index contributed by atoms with van der Waals surface area (Å²) in [6, 6.07) is 5.19. The van der Waals surface area contributed by atoms with Crippen LogP contribution in [0.4, 0.5) is 5.69 Å². The van der Waals surface area contributed by atoms with Crippen LogP contribution in [0.25, 0.3) is 0 Å². The number of thioether (sulfide) groups is 1. The quantitative estimate of drug-likeness (QED) is 0.874. The molecule has 0 radical (unpaired) electrons. The molecule has 1 unspecified atom stereocenters. The summed E-state index contributed by atoms with van der Waals surface area (Å²) >= 11 is 1.99. The maximum Gasteiger partial charge on any atom is 0.240 e. The van der Waals surface area contributed by atoms with Gasteiger partial charge in [-0.05, 0) is 55.5 Å². The van der Waals surface area contributed by atoms with E-state index in [-0.39, 0.29) is 0 Å². The van der Waals surface area contributed by atoms with E-state index < -0.39 is 10.0 Å². The fourth-order valence-corrected chi connectivity index (χ4v) is 4.12. The van der Waals surface area contributed by atoms with Crippen molar-refractivity contribution >= 4 is 27.5 Å². The lowest BCUT2D eigenvalue weighted by Crippen LogP contribution is -2.19. The summed E-state index contributed by atoms with van der Waals surface area (Å²) in [4.78, 5) is 0.309. The Labute approximate surface area is 119 Å². The molecule has 4 nitrogen and oxygen atoms in total. The Bertz CT molecular complexity index is 538. The highest BCUT2D eigenvalue weighted by Gasteiger charge is 2.16. The second kappa shape index (κ2) is 6.15. The van der Waals surface area contributed by atoms with E-state index in [4.69, 9.17) is 0 Å². The summed E-state index contributed by atoms with van der Waals surface area (Å²) < 4.78 is 25.9. The molecule has 1 fully saturated rings. The zero-order valence-corrected chi connectivity index (χ0v) is 12.9. The van der Waals surface area contributed by atoms with Gasteiger partial charge in [0.05, 0.1) is 4.90 Å². The average molecular weight is 300 g/mol. The molecule has 0 aliphatic carbocycles. The van der Waals surface area contributed by atoms with Crippen molar-refractivity contribution in [2.45, 2.75) is 18.2 Å². The smallest absolute Gasteiger partial charge is 0.240 e. The first-order chi connectivity index (χ1) is 9.03. The van der Waals surface area contributed by atoms with Gasteiger partial charge in [-0.25, -0.2) is 13.1 Å².